The molecule has 0 aliphatic rings. The number of nitrogens with zero attached hydrogens (tertiary/aromatic N) is 1. The smallest absolute Gasteiger partial charge is 0.339 e. The van der Waals surface area contributed by atoms with Gasteiger partial charge in [-0.25, -0.2) is 4.79 Å². The summed E-state index contributed by atoms with van der Waals surface area (Å²) in [4.78, 5) is 14.9. The van der Waals surface area contributed by atoms with Crippen molar-refractivity contribution in [3.63, 3.8) is 0 Å². The van der Waals surface area contributed by atoms with Crippen molar-refractivity contribution < 1.29 is 9.90 Å². The molecule has 0 saturated heterocycles. The lowest BCUT2D eigenvalue weighted by Gasteiger charge is -2.11. The number of nitrogens with one attached hydrogen (secondary N) is 1. The van der Waals surface area contributed by atoms with E-state index in [2.05, 4.69) is 42.2 Å². The van der Waals surface area contributed by atoms with Gasteiger partial charge in [0.2, 0.25) is 0 Å². The Morgan fingerprint density at radius 1 is 1.22 bits per heavy atom. The summed E-state index contributed by atoms with van der Waals surface area (Å²) < 4.78 is 1.75. The molecule has 0 bridgehead atoms. The molecule has 1 heterocycles. The molecule has 0 unspecified atom stereocenters. The highest BCUT2D eigenvalue weighted by Crippen LogP contribution is 2.29. The van der Waals surface area contributed by atoms with Gasteiger partial charge in [0.05, 0.1) is 11.4 Å². The van der Waals surface area contributed by atoms with Crippen molar-refractivity contribution in [2.75, 3.05) is 5.32 Å². The quantitative estimate of drug-likeness (QED) is 0.854. The van der Waals surface area contributed by atoms with E-state index in [0.717, 1.165) is 14.6 Å². The predicted octanol–water partition coefficient (Wildman–Crippen LogP) is 4.05. The zero-order valence-corrected chi connectivity index (χ0v) is 12.2. The maximum Gasteiger partial charge on any atom is 0.339 e. The first-order valence-corrected chi connectivity index (χ1v) is 6.56. The van der Waals surface area contributed by atoms with Crippen LogP contribution in [-0.2, 0) is 0 Å². The van der Waals surface area contributed by atoms with E-state index in [1.807, 2.05) is 18.2 Å². The first kappa shape index (κ1) is 13.0. The Kier molecular flexibility index (Phi) is 3.98. The van der Waals surface area contributed by atoms with Crippen molar-refractivity contribution in [1.82, 2.24) is 4.98 Å². The fourth-order valence-electron chi connectivity index (χ4n) is 1.41. The number of aromatic carboxylic acids is 1. The summed E-state index contributed by atoms with van der Waals surface area (Å²) in [5, 5.41) is 12.1. The normalized spacial score (nSPS) is 10.1. The highest BCUT2D eigenvalue weighted by atomic mass is 79.9. The van der Waals surface area contributed by atoms with Crippen LogP contribution in [0.1, 0.15) is 10.4 Å². The monoisotopic (exact) mass is 370 g/mol. The Morgan fingerprint density at radius 3 is 2.72 bits per heavy atom. The molecule has 0 radical (unpaired) electrons. The fourth-order valence-corrected chi connectivity index (χ4v) is 2.12. The molecule has 18 heavy (non-hydrogen) atoms. The topological polar surface area (TPSA) is 62.2 Å². The SMILES string of the molecule is O=C(O)c1cnccc1Nc1cc(Br)ccc1Br. The van der Waals surface area contributed by atoms with Crippen LogP contribution >= 0.6 is 31.9 Å². The fraction of sp³-hybridized carbons (Fsp3) is 0. The summed E-state index contributed by atoms with van der Waals surface area (Å²) in [6.07, 6.45) is 2.86. The third-order valence-electron chi connectivity index (χ3n) is 2.25. The van der Waals surface area contributed by atoms with E-state index in [1.54, 1.807) is 12.3 Å². The molecule has 1 aromatic carbocycles. The van der Waals surface area contributed by atoms with Crippen molar-refractivity contribution in [3.8, 4) is 0 Å². The van der Waals surface area contributed by atoms with Gasteiger partial charge in [-0.3, -0.25) is 4.98 Å². The van der Waals surface area contributed by atoms with Gasteiger partial charge < -0.3 is 10.4 Å². The van der Waals surface area contributed by atoms with E-state index in [1.165, 1.54) is 6.20 Å². The molecule has 2 rings (SSSR count). The third kappa shape index (κ3) is 2.88. The van der Waals surface area contributed by atoms with Gasteiger partial charge in [-0.15, -0.1) is 0 Å². The largest absolute Gasteiger partial charge is 0.478 e. The van der Waals surface area contributed by atoms with Gasteiger partial charge in [-0.05, 0) is 40.2 Å². The molecule has 2 aromatic rings. The van der Waals surface area contributed by atoms with Gasteiger partial charge in [0.25, 0.3) is 0 Å². The van der Waals surface area contributed by atoms with Crippen LogP contribution in [0.2, 0.25) is 0 Å². The molecule has 6 heteroatoms. The Bertz CT molecular complexity index is 602. The number of hydrogen-bond donors (Lipinski definition) is 2. The molecule has 2 N–H and O–H groups in total. The molecule has 0 saturated carbocycles. The number of carboxylic acids is 1. The predicted molar refractivity (Wildman–Crippen MR) is 76.3 cm³/mol. The van der Waals surface area contributed by atoms with Crippen molar-refractivity contribution >= 4 is 49.2 Å². The van der Waals surface area contributed by atoms with Crippen LogP contribution in [-0.4, -0.2) is 16.1 Å². The minimum absolute atomic E-state index is 0.129. The Balaban J connectivity index is 2.40. The van der Waals surface area contributed by atoms with Crippen LogP contribution in [0.4, 0.5) is 11.4 Å². The van der Waals surface area contributed by atoms with Crippen molar-refractivity contribution in [3.05, 3.63) is 51.2 Å². The summed E-state index contributed by atoms with van der Waals surface area (Å²) in [5.41, 5.74) is 1.40. The van der Waals surface area contributed by atoms with Gasteiger partial charge in [-0.1, -0.05) is 15.9 Å². The Hall–Kier alpha value is -1.40. The number of rotatable bonds is 3. The van der Waals surface area contributed by atoms with E-state index < -0.39 is 5.97 Å². The summed E-state index contributed by atoms with van der Waals surface area (Å²) in [6, 6.07) is 7.24. The first-order valence-electron chi connectivity index (χ1n) is 4.97. The van der Waals surface area contributed by atoms with Crippen LogP contribution in [0.3, 0.4) is 0 Å². The number of aromatic nitrogens is 1. The maximum absolute atomic E-state index is 11.1. The van der Waals surface area contributed by atoms with E-state index in [0.29, 0.717) is 5.69 Å². The van der Waals surface area contributed by atoms with E-state index in [4.69, 9.17) is 5.11 Å². The number of hydrogen-bond acceptors (Lipinski definition) is 3. The number of pyridine rings is 1. The summed E-state index contributed by atoms with van der Waals surface area (Å²) >= 11 is 6.77. The standard InChI is InChI=1S/C12H8Br2N2O2/c13-7-1-2-9(14)11(5-7)16-10-3-4-15-6-8(10)12(17)18/h1-6H,(H,15,16)(H,17,18). The van der Waals surface area contributed by atoms with Crippen LogP contribution in [0, 0.1) is 0 Å². The van der Waals surface area contributed by atoms with Crippen LogP contribution < -0.4 is 5.32 Å². The number of halogens is 2. The van der Waals surface area contributed by atoms with Gasteiger partial charge in [0.15, 0.2) is 0 Å². The molecule has 92 valence electrons. The van der Waals surface area contributed by atoms with Gasteiger partial charge >= 0.3 is 5.97 Å². The van der Waals surface area contributed by atoms with E-state index in [9.17, 15) is 4.79 Å². The van der Waals surface area contributed by atoms with E-state index in [-0.39, 0.29) is 5.56 Å². The van der Waals surface area contributed by atoms with Crippen LogP contribution in [0.25, 0.3) is 0 Å². The van der Waals surface area contributed by atoms with Crippen LogP contribution in [0.15, 0.2) is 45.6 Å². The zero-order chi connectivity index (χ0) is 13.1. The Labute approximate surface area is 120 Å². The molecular formula is C12H8Br2N2O2. The second kappa shape index (κ2) is 5.49. The third-order valence-corrected chi connectivity index (χ3v) is 3.43. The summed E-state index contributed by atoms with van der Waals surface area (Å²) in [6.45, 7) is 0. The maximum atomic E-state index is 11.1. The van der Waals surface area contributed by atoms with Crippen LogP contribution in [0.5, 0.6) is 0 Å². The zero-order valence-electron chi connectivity index (χ0n) is 9.02. The highest BCUT2D eigenvalue weighted by Gasteiger charge is 2.11. The van der Waals surface area contributed by atoms with Crippen molar-refractivity contribution in [2.24, 2.45) is 0 Å². The number of carbonyl (C=O) groups is 1. The molecule has 4 nitrogen and oxygen atoms in total. The molecule has 0 fully saturated rings. The first-order chi connectivity index (χ1) is 8.58. The van der Waals surface area contributed by atoms with E-state index >= 15 is 0 Å². The molecule has 0 aliphatic heterocycles. The van der Waals surface area contributed by atoms with Crippen molar-refractivity contribution in [1.29, 1.82) is 0 Å². The lowest BCUT2D eigenvalue weighted by molar-refractivity contribution is 0.0697. The average Bonchev–Trinajstić information content (AvgIpc) is 2.34. The minimum Gasteiger partial charge on any atom is -0.478 e. The van der Waals surface area contributed by atoms with Crippen molar-refractivity contribution in [2.45, 2.75) is 0 Å². The molecular weight excluding hydrogens is 364 g/mol. The van der Waals surface area contributed by atoms with Gasteiger partial charge in [-0.2, -0.15) is 0 Å². The molecule has 0 atom stereocenters. The Morgan fingerprint density at radius 2 is 2.00 bits per heavy atom. The summed E-state index contributed by atoms with van der Waals surface area (Å²) in [7, 11) is 0. The van der Waals surface area contributed by atoms with Gasteiger partial charge in [0, 0.05) is 21.3 Å². The van der Waals surface area contributed by atoms with Gasteiger partial charge in [0.1, 0.15) is 5.56 Å². The molecule has 0 amide bonds. The average molecular weight is 372 g/mol. The highest BCUT2D eigenvalue weighted by molar-refractivity contribution is 9.11. The molecule has 0 aliphatic carbocycles. The minimum atomic E-state index is -1.02. The number of carboxylic acid groups (broad SMARTS) is 1. The number of benzene rings is 1. The summed E-state index contributed by atoms with van der Waals surface area (Å²) in [5.74, 6) is -1.02. The second-order valence-electron chi connectivity index (χ2n) is 3.48. The lowest BCUT2D eigenvalue weighted by atomic mass is 10.2. The molecule has 1 aromatic heterocycles. The second-order valence-corrected chi connectivity index (χ2v) is 5.25. The number of anilines is 2. The molecule has 0 spiro atoms. The lowest BCUT2D eigenvalue weighted by Crippen LogP contribution is -2.03.